The van der Waals surface area contributed by atoms with E-state index in [-0.39, 0.29) is 11.9 Å². The number of aryl methyl sites for hydroxylation is 1. The number of nitrogens with one attached hydrogen (secondary N) is 2. The van der Waals surface area contributed by atoms with Crippen LogP contribution in [0.1, 0.15) is 33.4 Å². The quantitative estimate of drug-likeness (QED) is 0.720. The van der Waals surface area contributed by atoms with Gasteiger partial charge >= 0.3 is 0 Å². The molecule has 1 aromatic heterocycles. The fourth-order valence-electron chi connectivity index (χ4n) is 3.61. The molecule has 0 bridgehead atoms. The zero-order valence-corrected chi connectivity index (χ0v) is 16.0. The van der Waals surface area contributed by atoms with Gasteiger partial charge < -0.3 is 10.3 Å². The smallest absolute Gasteiger partial charge is 0.271 e. The number of benzene rings is 2. The molecule has 0 saturated heterocycles. The normalized spacial score (nSPS) is 16.3. The highest BCUT2D eigenvalue weighted by atomic mass is 35.5. The molecule has 1 aliphatic heterocycles. The maximum Gasteiger partial charge on any atom is 0.271 e. The number of rotatable bonds is 4. The Morgan fingerprint density at radius 1 is 1.30 bits per heavy atom. The maximum atomic E-state index is 12.7. The number of aromatic nitrogens is 2. The van der Waals surface area contributed by atoms with Gasteiger partial charge in [-0.2, -0.15) is 0 Å². The van der Waals surface area contributed by atoms with Gasteiger partial charge in [-0.05, 0) is 37.2 Å². The molecule has 0 radical (unpaired) electrons. The van der Waals surface area contributed by atoms with Gasteiger partial charge in [0.1, 0.15) is 11.5 Å². The molecule has 4 rings (SSSR count). The van der Waals surface area contributed by atoms with E-state index in [1.54, 1.807) is 0 Å². The maximum absolute atomic E-state index is 12.7. The van der Waals surface area contributed by atoms with Crippen molar-refractivity contribution in [1.29, 1.82) is 0 Å². The summed E-state index contributed by atoms with van der Waals surface area (Å²) in [6, 6.07) is 16.0. The van der Waals surface area contributed by atoms with Gasteiger partial charge in [-0.1, -0.05) is 48.0 Å². The molecule has 1 unspecified atom stereocenters. The molecule has 138 valence electrons. The topological polar surface area (TPSA) is 61.0 Å². The first-order valence-corrected chi connectivity index (χ1v) is 9.29. The third-order valence-corrected chi connectivity index (χ3v) is 5.25. The van der Waals surface area contributed by atoms with Gasteiger partial charge in [0.2, 0.25) is 0 Å². The van der Waals surface area contributed by atoms with E-state index < -0.39 is 0 Å². The lowest BCUT2D eigenvalue weighted by Crippen LogP contribution is -2.33. The van der Waals surface area contributed by atoms with Gasteiger partial charge in [0.15, 0.2) is 0 Å². The fraction of sp³-hybridized carbons (Fsp3) is 0.238. The second-order valence-corrected chi connectivity index (χ2v) is 7.35. The van der Waals surface area contributed by atoms with Gasteiger partial charge in [-0.3, -0.25) is 9.69 Å². The minimum atomic E-state index is -0.171. The van der Waals surface area contributed by atoms with E-state index in [4.69, 9.17) is 11.6 Å². The van der Waals surface area contributed by atoms with Crippen LogP contribution in [0.25, 0.3) is 11.4 Å². The van der Waals surface area contributed by atoms with Gasteiger partial charge in [0, 0.05) is 29.4 Å². The van der Waals surface area contributed by atoms with Crippen molar-refractivity contribution >= 4 is 17.5 Å². The molecule has 5 nitrogen and oxygen atoms in total. The summed E-state index contributed by atoms with van der Waals surface area (Å²) < 4.78 is 0. The van der Waals surface area contributed by atoms with Crippen molar-refractivity contribution in [3.05, 3.63) is 76.1 Å². The number of hydrogen-bond acceptors (Lipinski definition) is 3. The van der Waals surface area contributed by atoms with Crippen LogP contribution in [0.2, 0.25) is 5.02 Å². The standard InChI is InChI=1S/C21H21ClN4O/c1-13-19(25-20(24-13)14-7-5-8-16(22)10-14)21(27)23-11-18-17-9-4-3-6-15(17)12-26(18)2/h3-10,18H,11-12H2,1-2H3,(H,23,27)(H,24,25). The lowest BCUT2D eigenvalue weighted by Gasteiger charge is -2.20. The van der Waals surface area contributed by atoms with Crippen molar-refractivity contribution in [1.82, 2.24) is 20.2 Å². The first kappa shape index (κ1) is 17.8. The number of amides is 1. The molecule has 6 heteroatoms. The molecule has 1 aliphatic rings. The number of halogens is 1. The Kier molecular flexibility index (Phi) is 4.72. The first-order chi connectivity index (χ1) is 13.0. The van der Waals surface area contributed by atoms with Gasteiger partial charge in [0.05, 0.1) is 6.04 Å². The minimum Gasteiger partial charge on any atom is -0.349 e. The van der Waals surface area contributed by atoms with Crippen LogP contribution < -0.4 is 5.32 Å². The van der Waals surface area contributed by atoms with E-state index in [0.717, 1.165) is 17.8 Å². The van der Waals surface area contributed by atoms with Crippen LogP contribution in [-0.2, 0) is 6.54 Å². The molecule has 2 aromatic carbocycles. The second-order valence-electron chi connectivity index (χ2n) is 6.91. The number of carbonyl (C=O) groups excluding carboxylic acids is 1. The van der Waals surface area contributed by atoms with Crippen LogP contribution in [0.4, 0.5) is 0 Å². The Balaban J connectivity index is 1.49. The second kappa shape index (κ2) is 7.18. The molecule has 1 atom stereocenters. The number of imidazole rings is 1. The number of likely N-dealkylation sites (N-methyl/N-ethyl adjacent to an activating group) is 1. The van der Waals surface area contributed by atoms with E-state index in [1.807, 2.05) is 37.3 Å². The van der Waals surface area contributed by atoms with Crippen LogP contribution in [-0.4, -0.2) is 34.4 Å². The lowest BCUT2D eigenvalue weighted by atomic mass is 10.1. The SMILES string of the molecule is Cc1[nH]c(-c2cccc(Cl)c2)nc1C(=O)NCC1c2ccccc2CN1C. The molecule has 27 heavy (non-hydrogen) atoms. The van der Waals surface area contributed by atoms with Gasteiger partial charge in [0.25, 0.3) is 5.91 Å². The van der Waals surface area contributed by atoms with E-state index >= 15 is 0 Å². The average Bonchev–Trinajstić information content (AvgIpc) is 3.19. The van der Waals surface area contributed by atoms with Crippen LogP contribution in [0.5, 0.6) is 0 Å². The molecular formula is C21H21ClN4O. The number of nitrogens with zero attached hydrogens (tertiary/aromatic N) is 2. The van der Waals surface area contributed by atoms with Crippen molar-refractivity contribution < 1.29 is 4.79 Å². The summed E-state index contributed by atoms with van der Waals surface area (Å²) in [5.41, 5.74) is 4.60. The highest BCUT2D eigenvalue weighted by molar-refractivity contribution is 6.30. The number of fused-ring (bicyclic) bond motifs is 1. The van der Waals surface area contributed by atoms with Crippen molar-refractivity contribution in [2.75, 3.05) is 13.6 Å². The third-order valence-electron chi connectivity index (χ3n) is 5.02. The largest absolute Gasteiger partial charge is 0.349 e. The number of carbonyl (C=O) groups is 1. The van der Waals surface area contributed by atoms with Crippen LogP contribution >= 0.6 is 11.6 Å². The average molecular weight is 381 g/mol. The highest BCUT2D eigenvalue weighted by Gasteiger charge is 2.27. The molecule has 1 amide bonds. The van der Waals surface area contributed by atoms with E-state index in [2.05, 4.69) is 45.4 Å². The Hall–Kier alpha value is -2.63. The Morgan fingerprint density at radius 2 is 2.11 bits per heavy atom. The van der Waals surface area contributed by atoms with Crippen molar-refractivity contribution in [3.8, 4) is 11.4 Å². The summed E-state index contributed by atoms with van der Waals surface area (Å²) in [6.45, 7) is 3.30. The van der Waals surface area contributed by atoms with Crippen molar-refractivity contribution in [3.63, 3.8) is 0 Å². The molecule has 2 heterocycles. The van der Waals surface area contributed by atoms with Gasteiger partial charge in [-0.25, -0.2) is 4.98 Å². The molecule has 0 aliphatic carbocycles. The van der Waals surface area contributed by atoms with Crippen molar-refractivity contribution in [2.24, 2.45) is 0 Å². The molecule has 0 spiro atoms. The van der Waals surface area contributed by atoms with Gasteiger partial charge in [-0.15, -0.1) is 0 Å². The Labute approximate surface area is 163 Å². The first-order valence-electron chi connectivity index (χ1n) is 8.91. The zero-order chi connectivity index (χ0) is 19.0. The minimum absolute atomic E-state index is 0.171. The summed E-state index contributed by atoms with van der Waals surface area (Å²) >= 11 is 6.06. The molecule has 0 fully saturated rings. The summed E-state index contributed by atoms with van der Waals surface area (Å²) in [5.74, 6) is 0.471. The summed E-state index contributed by atoms with van der Waals surface area (Å²) in [6.07, 6.45) is 0. The van der Waals surface area contributed by atoms with E-state index in [9.17, 15) is 4.79 Å². The molecule has 0 saturated carbocycles. The Bertz CT molecular complexity index is 997. The van der Waals surface area contributed by atoms with Crippen LogP contribution in [0, 0.1) is 6.92 Å². The highest BCUT2D eigenvalue weighted by Crippen LogP contribution is 2.31. The van der Waals surface area contributed by atoms with E-state index in [1.165, 1.54) is 11.1 Å². The van der Waals surface area contributed by atoms with E-state index in [0.29, 0.717) is 23.1 Å². The number of hydrogen-bond donors (Lipinski definition) is 2. The summed E-state index contributed by atoms with van der Waals surface area (Å²) in [4.78, 5) is 22.6. The molecule has 3 aromatic rings. The molecule has 2 N–H and O–H groups in total. The van der Waals surface area contributed by atoms with Crippen LogP contribution in [0.3, 0.4) is 0 Å². The summed E-state index contributed by atoms with van der Waals surface area (Å²) in [7, 11) is 2.08. The van der Waals surface area contributed by atoms with Crippen molar-refractivity contribution in [2.45, 2.75) is 19.5 Å². The summed E-state index contributed by atoms with van der Waals surface area (Å²) in [5, 5.41) is 3.67. The monoisotopic (exact) mass is 380 g/mol. The Morgan fingerprint density at radius 3 is 2.93 bits per heavy atom. The molecular weight excluding hydrogens is 360 g/mol. The predicted octanol–water partition coefficient (Wildman–Crippen LogP) is 3.96. The lowest BCUT2D eigenvalue weighted by molar-refractivity contribution is 0.0935. The predicted molar refractivity (Wildman–Crippen MR) is 107 cm³/mol. The fourth-order valence-corrected chi connectivity index (χ4v) is 3.80. The number of aromatic amines is 1. The zero-order valence-electron chi connectivity index (χ0n) is 15.3. The number of H-pyrrole nitrogens is 1. The van der Waals surface area contributed by atoms with Crippen LogP contribution in [0.15, 0.2) is 48.5 Å². The third kappa shape index (κ3) is 3.48.